The molecule has 112 valence electrons. The van der Waals surface area contributed by atoms with Crippen molar-refractivity contribution >= 4 is 11.9 Å². The van der Waals surface area contributed by atoms with Crippen LogP contribution in [0.3, 0.4) is 0 Å². The fourth-order valence-corrected chi connectivity index (χ4v) is 1.72. The molecule has 0 aliphatic rings. The van der Waals surface area contributed by atoms with E-state index in [0.717, 1.165) is 32.1 Å². The highest BCUT2D eigenvalue weighted by Crippen LogP contribution is 2.04. The Morgan fingerprint density at radius 3 is 2.42 bits per heavy atom. The minimum Gasteiger partial charge on any atom is -0.464 e. The third-order valence-electron chi connectivity index (χ3n) is 2.98. The Hall–Kier alpha value is -1.06. The van der Waals surface area contributed by atoms with Crippen LogP contribution < -0.4 is 0 Å². The standard InChI is InChI=1S/C15H29NO3/c1-5-6-7-10-14(17)16(4)12-15(18)19-11-8-9-13(2)3/h13H,5-12H2,1-4H3. The molecule has 0 fully saturated rings. The number of carbonyl (C=O) groups excluding carboxylic acids is 2. The smallest absolute Gasteiger partial charge is 0.325 e. The lowest BCUT2D eigenvalue weighted by atomic mass is 10.1. The number of amides is 1. The maximum atomic E-state index is 11.7. The topological polar surface area (TPSA) is 46.6 Å². The van der Waals surface area contributed by atoms with Crippen molar-refractivity contribution in [3.05, 3.63) is 0 Å². The second-order valence-electron chi connectivity index (χ2n) is 5.46. The van der Waals surface area contributed by atoms with E-state index in [-0.39, 0.29) is 18.4 Å². The number of hydrogen-bond acceptors (Lipinski definition) is 3. The molecule has 1 amide bonds. The van der Waals surface area contributed by atoms with Crippen molar-refractivity contribution in [1.29, 1.82) is 0 Å². The molecule has 19 heavy (non-hydrogen) atoms. The van der Waals surface area contributed by atoms with Gasteiger partial charge in [0.2, 0.25) is 5.91 Å². The van der Waals surface area contributed by atoms with Crippen molar-refractivity contribution in [1.82, 2.24) is 4.90 Å². The Bertz CT molecular complexity index is 264. The van der Waals surface area contributed by atoms with Crippen LogP contribution in [0.25, 0.3) is 0 Å². The van der Waals surface area contributed by atoms with Crippen LogP contribution in [-0.2, 0) is 14.3 Å². The molecule has 0 aromatic carbocycles. The van der Waals surface area contributed by atoms with E-state index in [4.69, 9.17) is 4.74 Å². The Labute approximate surface area is 117 Å². The monoisotopic (exact) mass is 271 g/mol. The maximum absolute atomic E-state index is 11.7. The van der Waals surface area contributed by atoms with Gasteiger partial charge in [-0.2, -0.15) is 0 Å². The van der Waals surface area contributed by atoms with Crippen LogP contribution in [0.15, 0.2) is 0 Å². The van der Waals surface area contributed by atoms with Gasteiger partial charge in [0.05, 0.1) is 6.61 Å². The lowest BCUT2D eigenvalue weighted by Crippen LogP contribution is -2.33. The van der Waals surface area contributed by atoms with Gasteiger partial charge in [-0.1, -0.05) is 33.6 Å². The van der Waals surface area contributed by atoms with Crippen molar-refractivity contribution < 1.29 is 14.3 Å². The van der Waals surface area contributed by atoms with E-state index < -0.39 is 0 Å². The van der Waals surface area contributed by atoms with Crippen LogP contribution in [0.4, 0.5) is 0 Å². The molecule has 0 atom stereocenters. The molecule has 0 aliphatic carbocycles. The Kier molecular flexibility index (Phi) is 10.2. The van der Waals surface area contributed by atoms with Gasteiger partial charge in [0.1, 0.15) is 6.54 Å². The Balaban J connectivity index is 3.70. The first-order valence-corrected chi connectivity index (χ1v) is 7.37. The largest absolute Gasteiger partial charge is 0.464 e. The van der Waals surface area contributed by atoms with E-state index in [9.17, 15) is 9.59 Å². The third kappa shape index (κ3) is 10.5. The van der Waals surface area contributed by atoms with Crippen molar-refractivity contribution in [2.75, 3.05) is 20.2 Å². The highest BCUT2D eigenvalue weighted by molar-refractivity contribution is 5.81. The number of ether oxygens (including phenoxy) is 1. The molecule has 4 heteroatoms. The zero-order chi connectivity index (χ0) is 14.7. The van der Waals surface area contributed by atoms with Crippen LogP contribution in [0.5, 0.6) is 0 Å². The van der Waals surface area contributed by atoms with Crippen LogP contribution in [0, 0.1) is 5.92 Å². The summed E-state index contributed by atoms with van der Waals surface area (Å²) in [5.41, 5.74) is 0. The van der Waals surface area contributed by atoms with E-state index in [1.807, 2.05) is 0 Å². The first kappa shape index (κ1) is 17.9. The van der Waals surface area contributed by atoms with E-state index in [1.54, 1.807) is 7.05 Å². The predicted molar refractivity (Wildman–Crippen MR) is 76.8 cm³/mol. The highest BCUT2D eigenvalue weighted by atomic mass is 16.5. The number of likely N-dealkylation sites (N-methyl/N-ethyl adjacent to an activating group) is 1. The summed E-state index contributed by atoms with van der Waals surface area (Å²) >= 11 is 0. The molecule has 4 nitrogen and oxygen atoms in total. The SMILES string of the molecule is CCCCCC(=O)N(C)CC(=O)OCCCC(C)C. The van der Waals surface area contributed by atoms with Crippen molar-refractivity contribution in [3.63, 3.8) is 0 Å². The van der Waals surface area contributed by atoms with E-state index >= 15 is 0 Å². The van der Waals surface area contributed by atoms with Gasteiger partial charge >= 0.3 is 5.97 Å². The summed E-state index contributed by atoms with van der Waals surface area (Å²) in [7, 11) is 1.66. The van der Waals surface area contributed by atoms with Gasteiger partial charge in [0.25, 0.3) is 0 Å². The van der Waals surface area contributed by atoms with Gasteiger partial charge < -0.3 is 9.64 Å². The lowest BCUT2D eigenvalue weighted by molar-refractivity contribution is -0.148. The molecular weight excluding hydrogens is 242 g/mol. The van der Waals surface area contributed by atoms with E-state index in [0.29, 0.717) is 18.9 Å². The van der Waals surface area contributed by atoms with Gasteiger partial charge in [-0.05, 0) is 25.2 Å². The lowest BCUT2D eigenvalue weighted by Gasteiger charge is -2.16. The minimum atomic E-state index is -0.310. The molecule has 0 aliphatic heterocycles. The summed E-state index contributed by atoms with van der Waals surface area (Å²) in [6.07, 6.45) is 5.50. The number of hydrogen-bond donors (Lipinski definition) is 0. The number of esters is 1. The molecule has 0 aromatic heterocycles. The van der Waals surface area contributed by atoms with E-state index in [1.165, 1.54) is 4.90 Å². The fourth-order valence-electron chi connectivity index (χ4n) is 1.72. The summed E-state index contributed by atoms with van der Waals surface area (Å²) in [5, 5.41) is 0. The number of nitrogens with zero attached hydrogens (tertiary/aromatic N) is 1. The average molecular weight is 271 g/mol. The van der Waals surface area contributed by atoms with Crippen molar-refractivity contribution in [3.8, 4) is 0 Å². The molecule has 0 bridgehead atoms. The van der Waals surface area contributed by atoms with E-state index in [2.05, 4.69) is 20.8 Å². The van der Waals surface area contributed by atoms with Crippen molar-refractivity contribution in [2.24, 2.45) is 5.92 Å². The van der Waals surface area contributed by atoms with Gasteiger partial charge in [-0.25, -0.2) is 0 Å². The highest BCUT2D eigenvalue weighted by Gasteiger charge is 2.13. The van der Waals surface area contributed by atoms with Crippen LogP contribution in [-0.4, -0.2) is 37.0 Å². The Morgan fingerprint density at radius 2 is 1.84 bits per heavy atom. The summed E-state index contributed by atoms with van der Waals surface area (Å²) < 4.78 is 5.11. The molecule has 0 aromatic rings. The molecule has 0 saturated heterocycles. The third-order valence-corrected chi connectivity index (χ3v) is 2.98. The molecule has 0 N–H and O–H groups in total. The second-order valence-corrected chi connectivity index (χ2v) is 5.46. The minimum absolute atomic E-state index is 0.0209. The average Bonchev–Trinajstić information content (AvgIpc) is 2.34. The first-order valence-electron chi connectivity index (χ1n) is 7.37. The van der Waals surface area contributed by atoms with Gasteiger partial charge in [-0.15, -0.1) is 0 Å². The molecule has 0 rings (SSSR count). The summed E-state index contributed by atoms with van der Waals surface area (Å²) in [6.45, 7) is 6.90. The molecule has 0 heterocycles. The summed E-state index contributed by atoms with van der Waals surface area (Å²) in [4.78, 5) is 24.7. The van der Waals surface area contributed by atoms with Crippen LogP contribution >= 0.6 is 0 Å². The fraction of sp³-hybridized carbons (Fsp3) is 0.867. The molecule has 0 unspecified atom stereocenters. The zero-order valence-corrected chi connectivity index (χ0v) is 12.9. The number of rotatable bonds is 10. The van der Waals surface area contributed by atoms with Gasteiger partial charge in [-0.3, -0.25) is 9.59 Å². The maximum Gasteiger partial charge on any atom is 0.325 e. The first-order chi connectivity index (χ1) is 8.97. The quantitative estimate of drug-likeness (QED) is 0.453. The predicted octanol–water partition coefficient (Wildman–Crippen LogP) is 3.00. The summed E-state index contributed by atoms with van der Waals surface area (Å²) in [5.74, 6) is 0.337. The molecular formula is C15H29NO3. The zero-order valence-electron chi connectivity index (χ0n) is 12.9. The molecule has 0 saturated carbocycles. The normalized spacial score (nSPS) is 10.6. The number of unbranched alkanes of at least 4 members (excludes halogenated alkanes) is 2. The molecule has 0 spiro atoms. The van der Waals surface area contributed by atoms with Gasteiger partial charge in [0.15, 0.2) is 0 Å². The van der Waals surface area contributed by atoms with Crippen molar-refractivity contribution in [2.45, 2.75) is 59.3 Å². The molecule has 0 radical (unpaired) electrons. The van der Waals surface area contributed by atoms with Crippen LogP contribution in [0.2, 0.25) is 0 Å². The Morgan fingerprint density at radius 1 is 1.16 bits per heavy atom. The van der Waals surface area contributed by atoms with Crippen LogP contribution in [0.1, 0.15) is 59.3 Å². The number of carbonyl (C=O) groups is 2. The second kappa shape index (κ2) is 10.8. The van der Waals surface area contributed by atoms with Gasteiger partial charge in [0, 0.05) is 13.5 Å². The summed E-state index contributed by atoms with van der Waals surface area (Å²) in [6, 6.07) is 0.